The minimum Gasteiger partial charge on any atom is -0.340 e. The molecular weight excluding hydrogens is 250 g/mol. The first-order valence-electron chi connectivity index (χ1n) is 8.33. The third-order valence-electron chi connectivity index (χ3n) is 4.98. The van der Waals surface area contributed by atoms with Crippen molar-refractivity contribution in [3.63, 3.8) is 0 Å². The highest BCUT2D eigenvalue weighted by atomic mass is 16.2. The van der Waals surface area contributed by atoms with Gasteiger partial charge in [0.2, 0.25) is 5.91 Å². The summed E-state index contributed by atoms with van der Waals surface area (Å²) >= 11 is 0. The molecule has 0 radical (unpaired) electrons. The number of nitrogens with two attached hydrogens (primary N) is 1. The molecule has 1 heterocycles. The van der Waals surface area contributed by atoms with Crippen molar-refractivity contribution in [3.8, 4) is 0 Å². The number of carbonyl (C=O) groups excluding carboxylic acids is 1. The number of carbonyl (C=O) groups is 1. The number of rotatable bonds is 4. The molecule has 0 aromatic heterocycles. The Bertz CT molecular complexity index is 303. The van der Waals surface area contributed by atoms with E-state index in [-0.39, 0.29) is 6.04 Å². The van der Waals surface area contributed by atoms with Gasteiger partial charge in [0.1, 0.15) is 0 Å². The quantitative estimate of drug-likeness (QED) is 0.855. The highest BCUT2D eigenvalue weighted by Gasteiger charge is 2.28. The second-order valence-corrected chi connectivity index (χ2v) is 6.85. The fourth-order valence-electron chi connectivity index (χ4n) is 3.45. The molecule has 2 aliphatic rings. The lowest BCUT2D eigenvalue weighted by molar-refractivity contribution is -0.133. The number of hydrogen-bond acceptors (Lipinski definition) is 3. The van der Waals surface area contributed by atoms with Gasteiger partial charge in [0.05, 0.1) is 0 Å². The van der Waals surface area contributed by atoms with Crippen molar-refractivity contribution in [1.82, 2.24) is 9.80 Å². The predicted molar refractivity (Wildman–Crippen MR) is 82.5 cm³/mol. The molecule has 1 saturated heterocycles. The van der Waals surface area contributed by atoms with Crippen LogP contribution in [-0.2, 0) is 4.79 Å². The zero-order valence-electron chi connectivity index (χ0n) is 13.2. The van der Waals surface area contributed by atoms with Crippen molar-refractivity contribution < 1.29 is 4.79 Å². The zero-order chi connectivity index (χ0) is 14.5. The summed E-state index contributed by atoms with van der Waals surface area (Å²) in [4.78, 5) is 16.7. The lowest BCUT2D eigenvalue weighted by atomic mass is 9.86. The third kappa shape index (κ3) is 4.45. The minimum atomic E-state index is 0.129. The van der Waals surface area contributed by atoms with Crippen molar-refractivity contribution in [2.75, 3.05) is 26.2 Å². The van der Waals surface area contributed by atoms with Crippen LogP contribution in [0.25, 0.3) is 0 Å². The van der Waals surface area contributed by atoms with Gasteiger partial charge in [-0.1, -0.05) is 6.92 Å². The van der Waals surface area contributed by atoms with E-state index < -0.39 is 0 Å². The molecule has 1 aliphatic carbocycles. The molecule has 1 saturated carbocycles. The molecule has 0 aromatic carbocycles. The monoisotopic (exact) mass is 281 g/mol. The fourth-order valence-corrected chi connectivity index (χ4v) is 3.45. The van der Waals surface area contributed by atoms with E-state index >= 15 is 0 Å². The molecule has 0 bridgehead atoms. The van der Waals surface area contributed by atoms with Crippen LogP contribution in [0, 0.1) is 5.92 Å². The summed E-state index contributed by atoms with van der Waals surface area (Å²) in [5.41, 5.74) is 5.72. The molecule has 1 amide bonds. The van der Waals surface area contributed by atoms with E-state index in [9.17, 15) is 4.79 Å². The van der Waals surface area contributed by atoms with Gasteiger partial charge in [-0.15, -0.1) is 0 Å². The van der Waals surface area contributed by atoms with Gasteiger partial charge in [-0.25, -0.2) is 0 Å². The minimum absolute atomic E-state index is 0.129. The molecule has 20 heavy (non-hydrogen) atoms. The van der Waals surface area contributed by atoms with Crippen LogP contribution in [0.3, 0.4) is 0 Å². The molecule has 2 N–H and O–H groups in total. The Kier molecular flexibility index (Phi) is 5.85. The number of piperazine rings is 1. The van der Waals surface area contributed by atoms with E-state index in [4.69, 9.17) is 5.73 Å². The Balaban J connectivity index is 1.70. The van der Waals surface area contributed by atoms with Gasteiger partial charge in [0, 0.05) is 44.7 Å². The molecule has 116 valence electrons. The molecule has 1 aliphatic heterocycles. The molecule has 0 aromatic rings. The van der Waals surface area contributed by atoms with E-state index in [2.05, 4.69) is 11.8 Å². The topological polar surface area (TPSA) is 49.6 Å². The first kappa shape index (κ1) is 15.8. The van der Waals surface area contributed by atoms with Crippen molar-refractivity contribution in [1.29, 1.82) is 0 Å². The van der Waals surface area contributed by atoms with E-state index in [1.165, 1.54) is 25.7 Å². The summed E-state index contributed by atoms with van der Waals surface area (Å²) in [6.07, 6.45) is 6.86. The zero-order valence-corrected chi connectivity index (χ0v) is 13.2. The Labute approximate surface area is 123 Å². The highest BCUT2D eigenvalue weighted by Crippen LogP contribution is 2.27. The van der Waals surface area contributed by atoms with Crippen LogP contribution in [0.5, 0.6) is 0 Å². The summed E-state index contributed by atoms with van der Waals surface area (Å²) in [7, 11) is 0. The van der Waals surface area contributed by atoms with Crippen molar-refractivity contribution in [3.05, 3.63) is 0 Å². The van der Waals surface area contributed by atoms with E-state index in [1.54, 1.807) is 0 Å². The molecule has 4 heteroatoms. The lowest BCUT2D eigenvalue weighted by Gasteiger charge is -2.41. The average molecular weight is 281 g/mol. The van der Waals surface area contributed by atoms with E-state index in [0.717, 1.165) is 44.6 Å². The number of amides is 1. The van der Waals surface area contributed by atoms with Crippen LogP contribution < -0.4 is 5.73 Å². The maximum atomic E-state index is 12.1. The van der Waals surface area contributed by atoms with Gasteiger partial charge in [0.15, 0.2) is 0 Å². The fraction of sp³-hybridized carbons (Fsp3) is 0.938. The first-order valence-corrected chi connectivity index (χ1v) is 8.33. The summed E-state index contributed by atoms with van der Waals surface area (Å²) in [5.74, 6) is 1.20. The Morgan fingerprint density at radius 3 is 2.30 bits per heavy atom. The molecule has 1 atom stereocenters. The van der Waals surface area contributed by atoms with Crippen LogP contribution in [0.1, 0.15) is 52.4 Å². The molecule has 0 spiro atoms. The van der Waals surface area contributed by atoms with Crippen LogP contribution in [0.15, 0.2) is 0 Å². The summed E-state index contributed by atoms with van der Waals surface area (Å²) in [5, 5.41) is 0. The Morgan fingerprint density at radius 2 is 1.75 bits per heavy atom. The normalized spacial score (nSPS) is 30.2. The number of hydrogen-bond donors (Lipinski definition) is 1. The average Bonchev–Trinajstić information content (AvgIpc) is 2.46. The first-order chi connectivity index (χ1) is 9.56. The molecule has 1 unspecified atom stereocenters. The van der Waals surface area contributed by atoms with E-state index in [0.29, 0.717) is 12.3 Å². The van der Waals surface area contributed by atoms with Gasteiger partial charge in [0.25, 0.3) is 0 Å². The van der Waals surface area contributed by atoms with Crippen molar-refractivity contribution in [2.45, 2.75) is 64.5 Å². The van der Waals surface area contributed by atoms with Crippen molar-refractivity contribution >= 4 is 5.91 Å². The standard InChI is InChI=1S/C16H31N3O/c1-13-3-6-15(7-4-13)18-9-11-19(12-10-18)16(20)8-5-14(2)17/h13-15H,3-12,17H2,1-2H3. The van der Waals surface area contributed by atoms with Crippen LogP contribution in [-0.4, -0.2) is 54.0 Å². The second-order valence-electron chi connectivity index (χ2n) is 6.85. The highest BCUT2D eigenvalue weighted by molar-refractivity contribution is 5.76. The third-order valence-corrected chi connectivity index (χ3v) is 4.98. The van der Waals surface area contributed by atoms with Crippen LogP contribution in [0.2, 0.25) is 0 Å². The summed E-state index contributed by atoms with van der Waals surface area (Å²) in [6, 6.07) is 0.900. The second kappa shape index (κ2) is 7.41. The predicted octanol–water partition coefficient (Wildman–Crippen LogP) is 1.84. The maximum absolute atomic E-state index is 12.1. The van der Waals surface area contributed by atoms with E-state index in [1.807, 2.05) is 11.8 Å². The Morgan fingerprint density at radius 1 is 1.15 bits per heavy atom. The number of nitrogens with zero attached hydrogens (tertiary/aromatic N) is 2. The molecule has 2 fully saturated rings. The molecule has 2 rings (SSSR count). The molecular formula is C16H31N3O. The maximum Gasteiger partial charge on any atom is 0.222 e. The van der Waals surface area contributed by atoms with Crippen LogP contribution in [0.4, 0.5) is 0 Å². The van der Waals surface area contributed by atoms with Gasteiger partial charge < -0.3 is 10.6 Å². The largest absolute Gasteiger partial charge is 0.340 e. The lowest BCUT2D eigenvalue weighted by Crippen LogP contribution is -2.52. The SMILES string of the molecule is CC(N)CCC(=O)N1CCN(C2CCC(C)CC2)CC1. The van der Waals surface area contributed by atoms with Gasteiger partial charge >= 0.3 is 0 Å². The van der Waals surface area contributed by atoms with Gasteiger partial charge in [-0.05, 0) is 44.9 Å². The summed E-state index contributed by atoms with van der Waals surface area (Å²) in [6.45, 7) is 8.26. The van der Waals surface area contributed by atoms with Crippen LogP contribution >= 0.6 is 0 Å². The Hall–Kier alpha value is -0.610. The van der Waals surface area contributed by atoms with Crippen molar-refractivity contribution in [2.24, 2.45) is 11.7 Å². The summed E-state index contributed by atoms with van der Waals surface area (Å²) < 4.78 is 0. The van der Waals surface area contributed by atoms with Gasteiger partial charge in [-0.2, -0.15) is 0 Å². The smallest absolute Gasteiger partial charge is 0.222 e. The molecule has 4 nitrogen and oxygen atoms in total. The van der Waals surface area contributed by atoms with Gasteiger partial charge in [-0.3, -0.25) is 9.69 Å².